The molecule has 35 heavy (non-hydrogen) atoms. The highest BCUT2D eigenvalue weighted by atomic mass is 35.5. The number of nitrogens with two attached hydrogens (primary N) is 1. The van der Waals surface area contributed by atoms with Gasteiger partial charge in [0.2, 0.25) is 11.8 Å². The minimum atomic E-state index is -0.911. The van der Waals surface area contributed by atoms with E-state index in [1.54, 1.807) is 11.0 Å². The number of hydrogen-bond acceptors (Lipinski definition) is 6. The van der Waals surface area contributed by atoms with Crippen LogP contribution in [0.25, 0.3) is 0 Å². The summed E-state index contributed by atoms with van der Waals surface area (Å²) in [6.07, 6.45) is -0.690. The number of nitrogens with one attached hydrogen (secondary N) is 1. The fourth-order valence-corrected chi connectivity index (χ4v) is 4.48. The molecule has 1 aromatic carbocycles. The van der Waals surface area contributed by atoms with Gasteiger partial charge in [-0.1, -0.05) is 51.4 Å². The van der Waals surface area contributed by atoms with Crippen LogP contribution >= 0.6 is 11.6 Å². The summed E-state index contributed by atoms with van der Waals surface area (Å²) in [4.78, 5) is 29.5. The predicted molar refractivity (Wildman–Crippen MR) is 140 cm³/mol. The molecular formula is C26H43ClN4O4. The lowest BCUT2D eigenvalue weighted by molar-refractivity contribution is -0.128. The molecule has 0 bridgehead atoms. The van der Waals surface area contributed by atoms with Gasteiger partial charge in [-0.25, -0.2) is 0 Å². The maximum atomic E-state index is 13.0. The fraction of sp³-hybridized carbons (Fsp3) is 0.692. The zero-order valence-corrected chi connectivity index (χ0v) is 22.7. The van der Waals surface area contributed by atoms with Crippen molar-refractivity contribution < 1.29 is 19.8 Å². The number of rotatable bonds is 11. The number of anilines is 1. The largest absolute Gasteiger partial charge is 0.396 e. The summed E-state index contributed by atoms with van der Waals surface area (Å²) in [5.41, 5.74) is 6.27. The van der Waals surface area contributed by atoms with E-state index < -0.39 is 29.0 Å². The fourth-order valence-electron chi connectivity index (χ4n) is 4.25. The van der Waals surface area contributed by atoms with Gasteiger partial charge in [-0.2, -0.15) is 0 Å². The molecule has 2 amide bonds. The number of para-hydroxylation sites is 1. The highest BCUT2D eigenvalue weighted by molar-refractivity contribution is 6.33. The molecule has 0 radical (unpaired) electrons. The number of aliphatic hydroxyl groups is 2. The minimum absolute atomic E-state index is 0.00581. The molecule has 1 heterocycles. The summed E-state index contributed by atoms with van der Waals surface area (Å²) < 4.78 is 0. The van der Waals surface area contributed by atoms with Crippen LogP contribution in [0.3, 0.4) is 0 Å². The smallest absolute Gasteiger partial charge is 0.241 e. The number of carbonyl (C=O) groups is 2. The zero-order chi connectivity index (χ0) is 26.6. The Balaban J connectivity index is 2.02. The SMILES string of the molecule is CC(C)[C@H](C[C@H](O)[C@@H](N)CN1CC(=O)N(c2ccccc2Cl)CC1(C)C)C(=O)NCC(C)(C)CO. The summed E-state index contributed by atoms with van der Waals surface area (Å²) >= 11 is 6.33. The average Bonchev–Trinajstić information content (AvgIpc) is 2.78. The highest BCUT2D eigenvalue weighted by Crippen LogP contribution is 2.31. The first kappa shape index (κ1) is 29.5. The molecule has 0 aromatic heterocycles. The van der Waals surface area contributed by atoms with E-state index in [1.165, 1.54) is 0 Å². The molecule has 1 aliphatic heterocycles. The van der Waals surface area contributed by atoms with E-state index in [2.05, 4.69) is 5.32 Å². The van der Waals surface area contributed by atoms with Crippen molar-refractivity contribution in [3.8, 4) is 0 Å². The Hall–Kier alpha value is -1.71. The summed E-state index contributed by atoms with van der Waals surface area (Å²) in [6.45, 7) is 12.9. The third kappa shape index (κ3) is 7.89. The van der Waals surface area contributed by atoms with Gasteiger partial charge in [-0.15, -0.1) is 0 Å². The summed E-state index contributed by atoms with van der Waals surface area (Å²) in [5.74, 6) is -0.648. The van der Waals surface area contributed by atoms with Gasteiger partial charge in [-0.3, -0.25) is 14.5 Å². The van der Waals surface area contributed by atoms with Crippen LogP contribution in [-0.2, 0) is 9.59 Å². The van der Waals surface area contributed by atoms with Gasteiger partial charge in [0.05, 0.1) is 23.4 Å². The van der Waals surface area contributed by atoms with E-state index in [9.17, 15) is 19.8 Å². The van der Waals surface area contributed by atoms with Crippen LogP contribution < -0.4 is 16.0 Å². The first-order valence-electron chi connectivity index (χ1n) is 12.3. The van der Waals surface area contributed by atoms with Crippen molar-refractivity contribution in [2.24, 2.45) is 23.0 Å². The van der Waals surface area contributed by atoms with Crippen LogP contribution in [0.1, 0.15) is 48.0 Å². The Morgan fingerprint density at radius 1 is 1.29 bits per heavy atom. The molecule has 1 aromatic rings. The van der Waals surface area contributed by atoms with Crippen LogP contribution in [-0.4, -0.2) is 77.4 Å². The molecule has 2 rings (SSSR count). The standard InChI is InChI=1S/C26H43ClN4O4/c1-17(2)18(24(35)29-14-25(3,4)16-32)11-22(33)20(28)12-30-13-23(34)31(15-26(30,5)6)21-10-8-7-9-19(21)27/h7-10,17-18,20,22,32-33H,11-16,28H2,1-6H3,(H,29,35)/t18-,20-,22-/m0/s1. The Morgan fingerprint density at radius 3 is 2.49 bits per heavy atom. The maximum Gasteiger partial charge on any atom is 0.241 e. The van der Waals surface area contributed by atoms with E-state index in [0.717, 1.165) is 0 Å². The van der Waals surface area contributed by atoms with E-state index in [0.29, 0.717) is 30.3 Å². The number of halogens is 1. The quantitative estimate of drug-likeness (QED) is 0.362. The van der Waals surface area contributed by atoms with Crippen molar-refractivity contribution in [2.45, 2.75) is 65.6 Å². The maximum absolute atomic E-state index is 13.0. The van der Waals surface area contributed by atoms with Crippen molar-refractivity contribution in [2.75, 3.05) is 37.7 Å². The summed E-state index contributed by atoms with van der Waals surface area (Å²) in [5, 5.41) is 23.8. The van der Waals surface area contributed by atoms with Crippen molar-refractivity contribution in [1.29, 1.82) is 0 Å². The van der Waals surface area contributed by atoms with Crippen LogP contribution in [0.2, 0.25) is 5.02 Å². The Bertz CT molecular complexity index is 877. The van der Waals surface area contributed by atoms with Crippen molar-refractivity contribution in [1.82, 2.24) is 10.2 Å². The van der Waals surface area contributed by atoms with Gasteiger partial charge in [0.1, 0.15) is 0 Å². The number of nitrogens with zero attached hydrogens (tertiary/aromatic N) is 2. The third-order valence-corrected chi connectivity index (χ3v) is 7.22. The number of piperazine rings is 1. The topological polar surface area (TPSA) is 119 Å². The molecule has 0 aliphatic carbocycles. The summed E-state index contributed by atoms with van der Waals surface area (Å²) in [6, 6.07) is 6.65. The molecule has 0 spiro atoms. The van der Waals surface area contributed by atoms with Gasteiger partial charge in [0.25, 0.3) is 0 Å². The molecule has 3 atom stereocenters. The van der Waals surface area contributed by atoms with Crippen molar-refractivity contribution in [3.05, 3.63) is 29.3 Å². The Morgan fingerprint density at radius 2 is 1.91 bits per heavy atom. The van der Waals surface area contributed by atoms with Crippen molar-refractivity contribution >= 4 is 29.1 Å². The molecule has 1 fully saturated rings. The van der Waals surface area contributed by atoms with Crippen LogP contribution in [0.4, 0.5) is 5.69 Å². The third-order valence-electron chi connectivity index (χ3n) is 6.90. The number of carbonyl (C=O) groups excluding carboxylic acids is 2. The molecule has 198 valence electrons. The lowest BCUT2D eigenvalue weighted by atomic mass is 9.86. The van der Waals surface area contributed by atoms with Gasteiger partial charge in [0.15, 0.2) is 0 Å². The number of hydrogen-bond donors (Lipinski definition) is 4. The number of benzene rings is 1. The molecule has 0 unspecified atom stereocenters. The minimum Gasteiger partial charge on any atom is -0.396 e. The van der Waals surface area contributed by atoms with Crippen LogP contribution in [0.5, 0.6) is 0 Å². The van der Waals surface area contributed by atoms with E-state index in [1.807, 2.05) is 64.6 Å². The first-order valence-corrected chi connectivity index (χ1v) is 12.7. The monoisotopic (exact) mass is 510 g/mol. The number of amides is 2. The molecule has 5 N–H and O–H groups in total. The lowest BCUT2D eigenvalue weighted by Crippen LogP contribution is -2.64. The van der Waals surface area contributed by atoms with E-state index in [-0.39, 0.29) is 37.3 Å². The molecular weight excluding hydrogens is 468 g/mol. The molecule has 0 saturated carbocycles. The first-order chi connectivity index (χ1) is 16.2. The molecule has 9 heteroatoms. The second-order valence-electron chi connectivity index (χ2n) is 11.5. The van der Waals surface area contributed by atoms with Gasteiger partial charge >= 0.3 is 0 Å². The summed E-state index contributed by atoms with van der Waals surface area (Å²) in [7, 11) is 0. The Kier molecular flexibility index (Phi) is 10.1. The number of aliphatic hydroxyl groups excluding tert-OH is 2. The second kappa shape index (κ2) is 12.0. The molecule has 1 aliphatic rings. The second-order valence-corrected chi connectivity index (χ2v) is 11.9. The molecule has 1 saturated heterocycles. The van der Waals surface area contributed by atoms with Crippen LogP contribution in [0, 0.1) is 17.3 Å². The normalized spacial score (nSPS) is 19.5. The zero-order valence-electron chi connectivity index (χ0n) is 21.9. The van der Waals surface area contributed by atoms with Gasteiger partial charge in [0, 0.05) is 49.2 Å². The molecule has 8 nitrogen and oxygen atoms in total. The van der Waals surface area contributed by atoms with Crippen molar-refractivity contribution in [3.63, 3.8) is 0 Å². The Labute approximate surface area is 214 Å². The lowest BCUT2D eigenvalue weighted by Gasteiger charge is -2.47. The van der Waals surface area contributed by atoms with Gasteiger partial charge < -0.3 is 26.2 Å². The van der Waals surface area contributed by atoms with Gasteiger partial charge in [-0.05, 0) is 38.3 Å². The van der Waals surface area contributed by atoms with Crippen LogP contribution in [0.15, 0.2) is 24.3 Å². The average molecular weight is 511 g/mol. The van der Waals surface area contributed by atoms with E-state index in [4.69, 9.17) is 17.3 Å². The predicted octanol–water partition coefficient (Wildman–Crippen LogP) is 2.25. The van der Waals surface area contributed by atoms with E-state index >= 15 is 0 Å². The highest BCUT2D eigenvalue weighted by Gasteiger charge is 2.40.